The standard InChI is InChI=1S/C18H24FNO/c19-16-9-7-8-15(14-16)18(10-3-4-11-18)17(21)20-12-5-1-2-6-13-20/h7-9,14H,1-6,10-13H2. The van der Waals surface area contributed by atoms with Crippen LogP contribution in [0.5, 0.6) is 0 Å². The molecule has 2 nitrogen and oxygen atoms in total. The van der Waals surface area contributed by atoms with Gasteiger partial charge in [0.05, 0.1) is 5.41 Å². The number of benzene rings is 1. The first-order valence-corrected chi connectivity index (χ1v) is 8.28. The molecule has 0 unspecified atom stereocenters. The van der Waals surface area contributed by atoms with E-state index in [0.29, 0.717) is 0 Å². The van der Waals surface area contributed by atoms with E-state index in [0.717, 1.165) is 57.2 Å². The van der Waals surface area contributed by atoms with Crippen LogP contribution >= 0.6 is 0 Å². The molecule has 1 aliphatic carbocycles. The smallest absolute Gasteiger partial charge is 0.233 e. The molecular weight excluding hydrogens is 265 g/mol. The third kappa shape index (κ3) is 2.83. The number of hydrogen-bond donors (Lipinski definition) is 0. The molecule has 0 atom stereocenters. The van der Waals surface area contributed by atoms with Crippen LogP contribution in [0.3, 0.4) is 0 Å². The van der Waals surface area contributed by atoms with E-state index in [2.05, 4.69) is 0 Å². The molecule has 0 spiro atoms. The van der Waals surface area contributed by atoms with Crippen LogP contribution < -0.4 is 0 Å². The van der Waals surface area contributed by atoms with Crippen LogP contribution in [0.4, 0.5) is 4.39 Å². The van der Waals surface area contributed by atoms with Crippen molar-refractivity contribution in [1.82, 2.24) is 4.90 Å². The summed E-state index contributed by atoms with van der Waals surface area (Å²) in [5.74, 6) is 0.00920. The van der Waals surface area contributed by atoms with Crippen molar-refractivity contribution in [1.29, 1.82) is 0 Å². The number of carbonyl (C=O) groups excluding carboxylic acids is 1. The molecule has 0 aromatic heterocycles. The number of nitrogens with zero attached hydrogens (tertiary/aromatic N) is 1. The molecule has 21 heavy (non-hydrogen) atoms. The lowest BCUT2D eigenvalue weighted by Crippen LogP contribution is -2.46. The first-order valence-electron chi connectivity index (χ1n) is 8.28. The summed E-state index contributed by atoms with van der Waals surface area (Å²) in [7, 11) is 0. The molecule has 1 aliphatic heterocycles. The fourth-order valence-corrected chi connectivity index (χ4v) is 3.97. The number of amides is 1. The average molecular weight is 289 g/mol. The molecule has 114 valence electrons. The van der Waals surface area contributed by atoms with E-state index in [1.54, 1.807) is 12.1 Å². The molecule has 1 amide bonds. The number of hydrogen-bond acceptors (Lipinski definition) is 1. The maximum Gasteiger partial charge on any atom is 0.233 e. The van der Waals surface area contributed by atoms with E-state index in [1.807, 2.05) is 11.0 Å². The monoisotopic (exact) mass is 289 g/mol. The molecule has 1 heterocycles. The van der Waals surface area contributed by atoms with Crippen LogP contribution in [0.1, 0.15) is 56.9 Å². The summed E-state index contributed by atoms with van der Waals surface area (Å²) >= 11 is 0. The number of likely N-dealkylation sites (tertiary alicyclic amines) is 1. The Balaban J connectivity index is 1.91. The summed E-state index contributed by atoms with van der Waals surface area (Å²) in [6.07, 6.45) is 8.51. The average Bonchev–Trinajstić information content (AvgIpc) is 2.84. The summed E-state index contributed by atoms with van der Waals surface area (Å²) in [5.41, 5.74) is 0.418. The normalized spacial score (nSPS) is 22.0. The maximum atomic E-state index is 13.6. The third-order valence-electron chi connectivity index (χ3n) is 5.14. The van der Waals surface area contributed by atoms with E-state index in [-0.39, 0.29) is 11.7 Å². The molecule has 1 saturated carbocycles. The van der Waals surface area contributed by atoms with Gasteiger partial charge < -0.3 is 4.90 Å². The molecule has 3 rings (SSSR count). The highest BCUT2D eigenvalue weighted by molar-refractivity contribution is 5.88. The largest absolute Gasteiger partial charge is 0.342 e. The molecule has 0 bridgehead atoms. The lowest BCUT2D eigenvalue weighted by atomic mass is 9.77. The molecule has 3 heteroatoms. The number of rotatable bonds is 2. The highest BCUT2D eigenvalue weighted by Crippen LogP contribution is 2.43. The second kappa shape index (κ2) is 6.17. The highest BCUT2D eigenvalue weighted by Gasteiger charge is 2.44. The minimum absolute atomic E-state index is 0.234. The Morgan fingerprint density at radius 3 is 2.29 bits per heavy atom. The van der Waals surface area contributed by atoms with E-state index < -0.39 is 5.41 Å². The van der Waals surface area contributed by atoms with Crippen molar-refractivity contribution < 1.29 is 9.18 Å². The highest BCUT2D eigenvalue weighted by atomic mass is 19.1. The van der Waals surface area contributed by atoms with Gasteiger partial charge in [0.2, 0.25) is 5.91 Å². The molecule has 0 N–H and O–H groups in total. The molecule has 1 aromatic rings. The van der Waals surface area contributed by atoms with Crippen LogP contribution in [-0.2, 0) is 10.2 Å². The van der Waals surface area contributed by atoms with E-state index in [1.165, 1.54) is 18.9 Å². The zero-order chi connectivity index (χ0) is 14.7. The Kier molecular flexibility index (Phi) is 4.27. The van der Waals surface area contributed by atoms with Gasteiger partial charge in [-0.2, -0.15) is 0 Å². The summed E-state index contributed by atoms with van der Waals surface area (Å²) in [6.45, 7) is 1.74. The minimum Gasteiger partial charge on any atom is -0.342 e. The zero-order valence-electron chi connectivity index (χ0n) is 12.6. The Labute approximate surface area is 126 Å². The van der Waals surface area contributed by atoms with Crippen molar-refractivity contribution >= 4 is 5.91 Å². The minimum atomic E-state index is -0.466. The van der Waals surface area contributed by atoms with Crippen LogP contribution in [0.2, 0.25) is 0 Å². The second-order valence-electron chi connectivity index (χ2n) is 6.51. The lowest BCUT2D eigenvalue weighted by molar-refractivity contribution is -0.137. The SMILES string of the molecule is O=C(N1CCCCCC1)C1(c2cccc(F)c2)CCCC1. The van der Waals surface area contributed by atoms with Crippen LogP contribution in [0.15, 0.2) is 24.3 Å². The number of halogens is 1. The Morgan fingerprint density at radius 1 is 1.00 bits per heavy atom. The quantitative estimate of drug-likeness (QED) is 0.804. The zero-order valence-corrected chi connectivity index (χ0v) is 12.6. The Morgan fingerprint density at radius 2 is 1.67 bits per heavy atom. The first kappa shape index (κ1) is 14.6. The molecule has 1 saturated heterocycles. The van der Waals surface area contributed by atoms with Gasteiger partial charge in [0.15, 0.2) is 0 Å². The van der Waals surface area contributed by atoms with Crippen LogP contribution in [0, 0.1) is 5.82 Å². The van der Waals surface area contributed by atoms with Crippen molar-refractivity contribution in [2.75, 3.05) is 13.1 Å². The first-order chi connectivity index (χ1) is 10.2. The Hall–Kier alpha value is -1.38. The van der Waals surface area contributed by atoms with Crippen molar-refractivity contribution in [2.24, 2.45) is 0 Å². The molecule has 2 aliphatic rings. The van der Waals surface area contributed by atoms with Crippen LogP contribution in [-0.4, -0.2) is 23.9 Å². The van der Waals surface area contributed by atoms with Gasteiger partial charge in [0.25, 0.3) is 0 Å². The Bertz CT molecular complexity index is 500. The third-order valence-corrected chi connectivity index (χ3v) is 5.14. The maximum absolute atomic E-state index is 13.6. The predicted octanol–water partition coefficient (Wildman–Crippen LogP) is 4.04. The van der Waals surface area contributed by atoms with Crippen molar-refractivity contribution in [3.63, 3.8) is 0 Å². The summed E-state index contributed by atoms with van der Waals surface area (Å²) in [5, 5.41) is 0. The predicted molar refractivity (Wildman–Crippen MR) is 81.6 cm³/mol. The number of carbonyl (C=O) groups is 1. The van der Waals surface area contributed by atoms with Gasteiger partial charge in [0.1, 0.15) is 5.82 Å². The van der Waals surface area contributed by atoms with Gasteiger partial charge in [0, 0.05) is 13.1 Å². The van der Waals surface area contributed by atoms with Crippen LogP contribution in [0.25, 0.3) is 0 Å². The van der Waals surface area contributed by atoms with E-state index in [4.69, 9.17) is 0 Å². The van der Waals surface area contributed by atoms with Gasteiger partial charge in [-0.05, 0) is 43.4 Å². The van der Waals surface area contributed by atoms with Gasteiger partial charge in [-0.25, -0.2) is 4.39 Å². The second-order valence-corrected chi connectivity index (χ2v) is 6.51. The lowest BCUT2D eigenvalue weighted by Gasteiger charge is -2.34. The van der Waals surface area contributed by atoms with Crippen molar-refractivity contribution in [3.05, 3.63) is 35.6 Å². The van der Waals surface area contributed by atoms with E-state index >= 15 is 0 Å². The molecule has 0 radical (unpaired) electrons. The topological polar surface area (TPSA) is 20.3 Å². The fraction of sp³-hybridized carbons (Fsp3) is 0.611. The molecular formula is C18H24FNO. The van der Waals surface area contributed by atoms with E-state index in [9.17, 15) is 9.18 Å². The van der Waals surface area contributed by atoms with Crippen molar-refractivity contribution in [2.45, 2.75) is 56.8 Å². The molecule has 2 fully saturated rings. The fourth-order valence-electron chi connectivity index (χ4n) is 3.97. The van der Waals surface area contributed by atoms with Gasteiger partial charge in [-0.1, -0.05) is 37.8 Å². The summed E-state index contributed by atoms with van der Waals surface area (Å²) in [6, 6.07) is 6.70. The summed E-state index contributed by atoms with van der Waals surface area (Å²) in [4.78, 5) is 15.2. The van der Waals surface area contributed by atoms with Gasteiger partial charge >= 0.3 is 0 Å². The van der Waals surface area contributed by atoms with Crippen molar-refractivity contribution in [3.8, 4) is 0 Å². The van der Waals surface area contributed by atoms with Gasteiger partial charge in [-0.15, -0.1) is 0 Å². The molecule has 1 aromatic carbocycles. The van der Waals surface area contributed by atoms with Gasteiger partial charge in [-0.3, -0.25) is 4.79 Å². The summed E-state index contributed by atoms with van der Waals surface area (Å²) < 4.78 is 13.6.